The highest BCUT2D eigenvalue weighted by Gasteiger charge is 2.19. The third kappa shape index (κ3) is 2.96. The molecule has 0 atom stereocenters. The summed E-state index contributed by atoms with van der Waals surface area (Å²) in [6.07, 6.45) is 3.15. The lowest BCUT2D eigenvalue weighted by Crippen LogP contribution is -2.40. The Balaban J connectivity index is 2.04. The molecule has 0 N–H and O–H groups in total. The molecule has 0 saturated heterocycles. The fraction of sp³-hybridized carbons (Fsp3) is 0.0952. The minimum absolute atomic E-state index is 0.120. The molecular weight excluding hydrogens is 359 g/mol. The number of hydrogen-bond donors (Lipinski definition) is 0. The number of allylic oxidation sites excluding steroid dienone is 1. The van der Waals surface area contributed by atoms with Crippen LogP contribution in [0.5, 0.6) is 0 Å². The molecule has 4 aromatic rings. The predicted molar refractivity (Wildman–Crippen MR) is 105 cm³/mol. The molecule has 0 saturated carbocycles. The van der Waals surface area contributed by atoms with E-state index < -0.39 is 17.1 Å². The van der Waals surface area contributed by atoms with E-state index in [0.717, 1.165) is 5.56 Å². The Kier molecular flexibility index (Phi) is 4.49. The van der Waals surface area contributed by atoms with Crippen molar-refractivity contribution in [1.29, 1.82) is 0 Å². The molecule has 140 valence electrons. The number of fused-ring (bicyclic) bond motifs is 1. The highest BCUT2D eigenvalue weighted by atomic mass is 19.1. The van der Waals surface area contributed by atoms with Crippen molar-refractivity contribution in [3.63, 3.8) is 0 Å². The zero-order valence-corrected chi connectivity index (χ0v) is 15.0. The SMILES string of the molecule is C=CCn1cnc2c1c(=O)n(Cc1ccccc1)c(=O)n2-c1ccc(F)cc1. The van der Waals surface area contributed by atoms with Crippen molar-refractivity contribution >= 4 is 11.2 Å². The maximum atomic E-state index is 13.4. The van der Waals surface area contributed by atoms with E-state index in [9.17, 15) is 14.0 Å². The first kappa shape index (κ1) is 17.7. The van der Waals surface area contributed by atoms with E-state index in [1.807, 2.05) is 30.3 Å². The van der Waals surface area contributed by atoms with E-state index >= 15 is 0 Å². The number of rotatable bonds is 5. The number of imidazole rings is 1. The molecule has 0 radical (unpaired) electrons. The molecule has 2 heterocycles. The number of aromatic nitrogens is 4. The second-order valence-electron chi connectivity index (χ2n) is 6.33. The van der Waals surface area contributed by atoms with Crippen LogP contribution in [-0.4, -0.2) is 18.7 Å². The van der Waals surface area contributed by atoms with Crippen molar-refractivity contribution < 1.29 is 4.39 Å². The van der Waals surface area contributed by atoms with Gasteiger partial charge in [-0.1, -0.05) is 36.4 Å². The van der Waals surface area contributed by atoms with Gasteiger partial charge in [-0.25, -0.2) is 18.7 Å². The minimum atomic E-state index is -0.531. The van der Waals surface area contributed by atoms with Crippen molar-refractivity contribution in [1.82, 2.24) is 18.7 Å². The Morgan fingerprint density at radius 1 is 1.04 bits per heavy atom. The molecule has 4 rings (SSSR count). The Morgan fingerprint density at radius 2 is 1.75 bits per heavy atom. The van der Waals surface area contributed by atoms with E-state index in [1.54, 1.807) is 10.6 Å². The largest absolute Gasteiger partial charge is 0.337 e. The summed E-state index contributed by atoms with van der Waals surface area (Å²) >= 11 is 0. The van der Waals surface area contributed by atoms with Gasteiger partial charge in [-0.05, 0) is 29.8 Å². The zero-order chi connectivity index (χ0) is 19.7. The van der Waals surface area contributed by atoms with Crippen molar-refractivity contribution in [3.8, 4) is 5.69 Å². The predicted octanol–water partition coefficient (Wildman–Crippen LogP) is 2.72. The quantitative estimate of drug-likeness (QED) is 0.503. The summed E-state index contributed by atoms with van der Waals surface area (Å²) < 4.78 is 17.5. The van der Waals surface area contributed by atoms with Gasteiger partial charge in [-0.15, -0.1) is 6.58 Å². The third-order valence-corrected chi connectivity index (χ3v) is 4.49. The van der Waals surface area contributed by atoms with Crippen molar-refractivity contribution in [3.05, 3.63) is 106 Å². The van der Waals surface area contributed by atoms with Crippen LogP contribution in [-0.2, 0) is 13.1 Å². The molecule has 0 unspecified atom stereocenters. The van der Waals surface area contributed by atoms with Gasteiger partial charge in [0.1, 0.15) is 5.82 Å². The van der Waals surface area contributed by atoms with Crippen molar-refractivity contribution in [2.24, 2.45) is 0 Å². The zero-order valence-electron chi connectivity index (χ0n) is 15.0. The topological polar surface area (TPSA) is 61.8 Å². The van der Waals surface area contributed by atoms with Crippen LogP contribution in [0, 0.1) is 5.82 Å². The van der Waals surface area contributed by atoms with E-state index in [2.05, 4.69) is 11.6 Å². The Hall–Kier alpha value is -3.74. The fourth-order valence-corrected chi connectivity index (χ4v) is 3.19. The summed E-state index contributed by atoms with van der Waals surface area (Å²) in [5, 5.41) is 0. The van der Waals surface area contributed by atoms with Crippen LogP contribution < -0.4 is 11.2 Å². The standard InChI is InChI=1S/C21H17FN4O2/c1-2-12-24-14-23-19-18(24)20(27)25(13-15-6-4-3-5-7-15)21(28)26(19)17-10-8-16(22)9-11-17/h2-11,14H,1,12-13H2. The van der Waals surface area contributed by atoms with Crippen LogP contribution >= 0.6 is 0 Å². The molecule has 2 aromatic heterocycles. The van der Waals surface area contributed by atoms with Gasteiger partial charge in [0.15, 0.2) is 11.2 Å². The van der Waals surface area contributed by atoms with E-state index in [1.165, 1.54) is 39.7 Å². The molecule has 0 aliphatic carbocycles. The molecule has 0 bridgehead atoms. The van der Waals surface area contributed by atoms with E-state index in [0.29, 0.717) is 17.7 Å². The van der Waals surface area contributed by atoms with E-state index in [4.69, 9.17) is 0 Å². The van der Waals surface area contributed by atoms with Gasteiger partial charge in [0, 0.05) is 6.54 Å². The fourth-order valence-electron chi connectivity index (χ4n) is 3.19. The van der Waals surface area contributed by atoms with Gasteiger partial charge >= 0.3 is 5.69 Å². The summed E-state index contributed by atoms with van der Waals surface area (Å²) in [5.74, 6) is -0.414. The Bertz CT molecular complexity index is 1270. The lowest BCUT2D eigenvalue weighted by Gasteiger charge is -2.12. The Labute approximate surface area is 159 Å². The maximum absolute atomic E-state index is 13.4. The molecule has 28 heavy (non-hydrogen) atoms. The lowest BCUT2D eigenvalue weighted by atomic mass is 10.2. The van der Waals surface area contributed by atoms with Crippen molar-refractivity contribution in [2.45, 2.75) is 13.1 Å². The molecule has 0 aliphatic heterocycles. The smallest absolute Gasteiger partial charge is 0.321 e. The first-order chi connectivity index (χ1) is 13.6. The molecule has 0 aliphatic rings. The summed E-state index contributed by atoms with van der Waals surface area (Å²) in [6, 6.07) is 14.8. The van der Waals surface area contributed by atoms with Crippen LogP contribution in [0.4, 0.5) is 4.39 Å². The average molecular weight is 376 g/mol. The highest BCUT2D eigenvalue weighted by molar-refractivity contribution is 5.72. The van der Waals surface area contributed by atoms with Crippen LogP contribution in [0.15, 0.2) is 83.2 Å². The maximum Gasteiger partial charge on any atom is 0.337 e. The first-order valence-corrected chi connectivity index (χ1v) is 8.71. The molecular formula is C21H17FN4O2. The molecule has 6 nitrogen and oxygen atoms in total. The monoisotopic (exact) mass is 376 g/mol. The van der Waals surface area contributed by atoms with Gasteiger partial charge in [-0.3, -0.25) is 9.36 Å². The van der Waals surface area contributed by atoms with Crippen LogP contribution in [0.2, 0.25) is 0 Å². The summed E-state index contributed by atoms with van der Waals surface area (Å²) in [7, 11) is 0. The van der Waals surface area contributed by atoms with Crippen molar-refractivity contribution in [2.75, 3.05) is 0 Å². The molecule has 0 spiro atoms. The number of hydrogen-bond acceptors (Lipinski definition) is 3. The van der Waals surface area contributed by atoms with Gasteiger partial charge in [0.25, 0.3) is 5.56 Å². The lowest BCUT2D eigenvalue weighted by molar-refractivity contribution is 0.626. The molecule has 0 amide bonds. The minimum Gasteiger partial charge on any atom is -0.321 e. The summed E-state index contributed by atoms with van der Waals surface area (Å²) in [5.41, 5.74) is 0.814. The van der Waals surface area contributed by atoms with Crippen LogP contribution in [0.3, 0.4) is 0 Å². The first-order valence-electron chi connectivity index (χ1n) is 8.71. The average Bonchev–Trinajstić information content (AvgIpc) is 3.11. The number of nitrogens with zero attached hydrogens (tertiary/aromatic N) is 4. The van der Waals surface area contributed by atoms with Gasteiger partial charge in [0.2, 0.25) is 0 Å². The van der Waals surface area contributed by atoms with E-state index in [-0.39, 0.29) is 12.2 Å². The normalized spacial score (nSPS) is 11.0. The molecule has 2 aromatic carbocycles. The van der Waals surface area contributed by atoms with Gasteiger partial charge in [0.05, 0.1) is 18.6 Å². The second-order valence-corrected chi connectivity index (χ2v) is 6.33. The molecule has 0 fully saturated rings. The summed E-state index contributed by atoms with van der Waals surface area (Å²) in [6.45, 7) is 4.20. The number of benzene rings is 2. The van der Waals surface area contributed by atoms with Gasteiger partial charge in [-0.2, -0.15) is 0 Å². The van der Waals surface area contributed by atoms with Crippen LogP contribution in [0.25, 0.3) is 16.9 Å². The van der Waals surface area contributed by atoms with Crippen LogP contribution in [0.1, 0.15) is 5.56 Å². The summed E-state index contributed by atoms with van der Waals surface area (Å²) in [4.78, 5) is 30.6. The molecule has 7 heteroatoms. The highest BCUT2D eigenvalue weighted by Crippen LogP contribution is 2.14. The van der Waals surface area contributed by atoms with Gasteiger partial charge < -0.3 is 4.57 Å². The number of halogens is 1. The second kappa shape index (κ2) is 7.11. The Morgan fingerprint density at radius 3 is 2.43 bits per heavy atom. The third-order valence-electron chi connectivity index (χ3n) is 4.49.